The van der Waals surface area contributed by atoms with Crippen molar-refractivity contribution in [3.8, 4) is 0 Å². The third-order valence-electron chi connectivity index (χ3n) is 4.73. The number of carbonyl (C=O) groups excluding carboxylic acids is 3. The minimum atomic E-state index is -0.595. The van der Waals surface area contributed by atoms with Gasteiger partial charge in [-0.1, -0.05) is 0 Å². The maximum absolute atomic E-state index is 12.6. The van der Waals surface area contributed by atoms with Crippen LogP contribution in [0.1, 0.15) is 27.1 Å². The number of hydrogen-bond donors (Lipinski definition) is 2. The van der Waals surface area contributed by atoms with Crippen LogP contribution in [0.3, 0.4) is 0 Å². The molecule has 142 valence electrons. The van der Waals surface area contributed by atoms with E-state index in [0.717, 1.165) is 19.5 Å². The highest BCUT2D eigenvalue weighted by Crippen LogP contribution is 2.28. The van der Waals surface area contributed by atoms with E-state index in [1.807, 2.05) is 0 Å². The normalized spacial score (nSPS) is 20.8. The number of rotatable bonds is 3. The Morgan fingerprint density at radius 1 is 1.08 bits per heavy atom. The average Bonchev–Trinajstić information content (AvgIpc) is 3.23. The molecule has 2 amide bonds. The Bertz CT molecular complexity index is 677. The van der Waals surface area contributed by atoms with Crippen LogP contribution in [0.4, 0.5) is 10.5 Å². The zero-order valence-electron chi connectivity index (χ0n) is 14.6. The van der Waals surface area contributed by atoms with Crippen molar-refractivity contribution < 1.29 is 23.9 Å². The average molecular weight is 384 g/mol. The third-order valence-corrected chi connectivity index (χ3v) is 4.73. The maximum Gasteiger partial charge on any atom is 0.337 e. The van der Waals surface area contributed by atoms with E-state index in [1.165, 1.54) is 32.4 Å². The molecule has 2 aliphatic rings. The topological polar surface area (TPSA) is 97.0 Å². The van der Waals surface area contributed by atoms with E-state index in [-0.39, 0.29) is 35.6 Å². The van der Waals surface area contributed by atoms with E-state index in [2.05, 4.69) is 10.6 Å². The number of benzene rings is 1. The fraction of sp³-hybridized carbons (Fsp3) is 0.471. The van der Waals surface area contributed by atoms with Gasteiger partial charge >= 0.3 is 18.0 Å². The Kier molecular flexibility index (Phi) is 6.44. The first kappa shape index (κ1) is 20.0. The zero-order chi connectivity index (χ0) is 18.0. The summed E-state index contributed by atoms with van der Waals surface area (Å²) in [6.45, 7) is 2.41. The van der Waals surface area contributed by atoms with Crippen LogP contribution in [0.2, 0.25) is 0 Å². The van der Waals surface area contributed by atoms with Gasteiger partial charge in [0.05, 0.1) is 25.3 Å². The molecule has 2 aliphatic heterocycles. The molecule has 3 rings (SSSR count). The van der Waals surface area contributed by atoms with Gasteiger partial charge in [0.25, 0.3) is 0 Å². The van der Waals surface area contributed by atoms with E-state index in [0.29, 0.717) is 18.2 Å². The lowest BCUT2D eigenvalue weighted by Gasteiger charge is -2.24. The first-order valence-electron chi connectivity index (χ1n) is 8.13. The number of amides is 2. The van der Waals surface area contributed by atoms with Gasteiger partial charge in [-0.15, -0.1) is 12.4 Å². The van der Waals surface area contributed by atoms with Crippen molar-refractivity contribution in [2.75, 3.05) is 39.2 Å². The highest BCUT2D eigenvalue weighted by Gasteiger charge is 2.39. The van der Waals surface area contributed by atoms with Crippen LogP contribution >= 0.6 is 12.4 Å². The minimum absolute atomic E-state index is 0. The van der Waals surface area contributed by atoms with E-state index in [9.17, 15) is 14.4 Å². The standard InChI is InChI=1S/C17H21N3O5.ClH/c1-24-15(21)11-5-12(16(22)25-2)7-13(6-11)19-17(23)20-4-3-10-8-18-9-14(10)20;/h5-7,10,14,18H,3-4,8-9H2,1-2H3,(H,19,23);1H/t10-,14+;/m0./s1. The first-order chi connectivity index (χ1) is 12.0. The highest BCUT2D eigenvalue weighted by molar-refractivity contribution is 5.99. The molecule has 2 saturated heterocycles. The molecule has 0 spiro atoms. The third kappa shape index (κ3) is 3.91. The number of nitrogens with zero attached hydrogens (tertiary/aromatic N) is 1. The molecule has 0 aromatic heterocycles. The quantitative estimate of drug-likeness (QED) is 0.768. The summed E-state index contributed by atoms with van der Waals surface area (Å²) < 4.78 is 9.40. The number of nitrogens with one attached hydrogen (secondary N) is 2. The summed E-state index contributed by atoms with van der Waals surface area (Å²) in [6, 6.07) is 4.28. The number of urea groups is 1. The van der Waals surface area contributed by atoms with Crippen molar-refractivity contribution in [3.05, 3.63) is 29.3 Å². The molecule has 2 N–H and O–H groups in total. The van der Waals surface area contributed by atoms with Crippen LogP contribution in [-0.2, 0) is 9.47 Å². The van der Waals surface area contributed by atoms with E-state index < -0.39 is 11.9 Å². The molecule has 0 aliphatic carbocycles. The number of esters is 2. The van der Waals surface area contributed by atoms with Crippen LogP contribution in [0, 0.1) is 5.92 Å². The zero-order valence-corrected chi connectivity index (χ0v) is 15.4. The first-order valence-corrected chi connectivity index (χ1v) is 8.13. The van der Waals surface area contributed by atoms with Gasteiger partial charge < -0.3 is 25.0 Å². The summed E-state index contributed by atoms with van der Waals surface area (Å²) >= 11 is 0. The summed E-state index contributed by atoms with van der Waals surface area (Å²) in [5.41, 5.74) is 0.688. The molecule has 2 heterocycles. The Morgan fingerprint density at radius 2 is 1.69 bits per heavy atom. The predicted molar refractivity (Wildman–Crippen MR) is 96.9 cm³/mol. The number of anilines is 1. The van der Waals surface area contributed by atoms with E-state index >= 15 is 0 Å². The minimum Gasteiger partial charge on any atom is -0.465 e. The summed E-state index contributed by atoms with van der Waals surface area (Å²) in [6.07, 6.45) is 0.973. The van der Waals surface area contributed by atoms with Gasteiger partial charge in [0.15, 0.2) is 0 Å². The maximum atomic E-state index is 12.6. The lowest BCUT2D eigenvalue weighted by molar-refractivity contribution is 0.0599. The molecule has 9 heteroatoms. The van der Waals surface area contributed by atoms with Crippen LogP contribution in [0.25, 0.3) is 0 Å². The lowest BCUT2D eigenvalue weighted by atomic mass is 10.1. The van der Waals surface area contributed by atoms with Crippen molar-refractivity contribution in [2.24, 2.45) is 5.92 Å². The molecule has 0 bridgehead atoms. The molecule has 0 unspecified atom stereocenters. The van der Waals surface area contributed by atoms with Crippen LogP contribution in [-0.4, -0.2) is 62.8 Å². The fourth-order valence-corrected chi connectivity index (χ4v) is 3.47. The van der Waals surface area contributed by atoms with Gasteiger partial charge in [-0.2, -0.15) is 0 Å². The van der Waals surface area contributed by atoms with E-state index in [1.54, 1.807) is 4.90 Å². The molecule has 2 atom stereocenters. The molecule has 0 saturated carbocycles. The number of carbonyl (C=O) groups is 3. The van der Waals surface area contributed by atoms with E-state index in [4.69, 9.17) is 9.47 Å². The molecular weight excluding hydrogens is 362 g/mol. The monoisotopic (exact) mass is 383 g/mol. The molecule has 1 aromatic rings. The number of hydrogen-bond acceptors (Lipinski definition) is 6. The van der Waals surface area contributed by atoms with Gasteiger partial charge in [-0.05, 0) is 30.5 Å². The second kappa shape index (κ2) is 8.37. The van der Waals surface area contributed by atoms with Crippen molar-refractivity contribution >= 4 is 36.1 Å². The van der Waals surface area contributed by atoms with Crippen LogP contribution in [0.5, 0.6) is 0 Å². The number of ether oxygens (including phenoxy) is 2. The SMILES string of the molecule is COC(=O)c1cc(NC(=O)N2CC[C@H]3CNC[C@H]32)cc(C(=O)OC)c1.Cl. The molecule has 26 heavy (non-hydrogen) atoms. The second-order valence-corrected chi connectivity index (χ2v) is 6.18. The molecular formula is C17H22ClN3O5. The largest absolute Gasteiger partial charge is 0.465 e. The van der Waals surface area contributed by atoms with Crippen molar-refractivity contribution in [2.45, 2.75) is 12.5 Å². The summed E-state index contributed by atoms with van der Waals surface area (Å²) in [5.74, 6) is -0.706. The second-order valence-electron chi connectivity index (χ2n) is 6.18. The smallest absolute Gasteiger partial charge is 0.337 e. The number of likely N-dealkylation sites (tertiary alicyclic amines) is 1. The van der Waals surface area contributed by atoms with Crippen LogP contribution < -0.4 is 10.6 Å². The number of halogens is 1. The Labute approximate surface area is 157 Å². The Morgan fingerprint density at radius 3 is 2.27 bits per heavy atom. The highest BCUT2D eigenvalue weighted by atomic mass is 35.5. The molecule has 1 aromatic carbocycles. The van der Waals surface area contributed by atoms with Gasteiger partial charge in [-0.25, -0.2) is 14.4 Å². The Hall–Kier alpha value is -2.32. The molecule has 0 radical (unpaired) electrons. The van der Waals surface area contributed by atoms with Gasteiger partial charge in [-0.3, -0.25) is 0 Å². The fourth-order valence-electron chi connectivity index (χ4n) is 3.47. The van der Waals surface area contributed by atoms with Crippen molar-refractivity contribution in [3.63, 3.8) is 0 Å². The van der Waals surface area contributed by atoms with Crippen molar-refractivity contribution in [1.82, 2.24) is 10.2 Å². The Balaban J connectivity index is 0.00000243. The summed E-state index contributed by atoms with van der Waals surface area (Å²) in [4.78, 5) is 38.0. The predicted octanol–water partition coefficient (Wildman–Crippen LogP) is 1.51. The number of methoxy groups -OCH3 is 2. The molecule has 8 nitrogen and oxygen atoms in total. The van der Waals surface area contributed by atoms with Crippen molar-refractivity contribution in [1.29, 1.82) is 0 Å². The van der Waals surface area contributed by atoms with Gasteiger partial charge in [0, 0.05) is 31.4 Å². The number of fused-ring (bicyclic) bond motifs is 1. The summed E-state index contributed by atoms with van der Waals surface area (Å²) in [5, 5.41) is 6.07. The molecule has 2 fully saturated rings. The lowest BCUT2D eigenvalue weighted by Crippen LogP contribution is -2.41. The van der Waals surface area contributed by atoms with Crippen LogP contribution in [0.15, 0.2) is 18.2 Å². The van der Waals surface area contributed by atoms with Gasteiger partial charge in [0.2, 0.25) is 0 Å². The van der Waals surface area contributed by atoms with Gasteiger partial charge in [0.1, 0.15) is 0 Å². The summed E-state index contributed by atoms with van der Waals surface area (Å²) in [7, 11) is 2.51.